The van der Waals surface area contributed by atoms with Gasteiger partial charge >= 0.3 is 0 Å². The van der Waals surface area contributed by atoms with Crippen molar-refractivity contribution in [1.29, 1.82) is 0 Å². The van der Waals surface area contributed by atoms with Gasteiger partial charge in [-0.1, -0.05) is 0 Å². The Morgan fingerprint density at radius 2 is 1.75 bits per heavy atom. The van der Waals surface area contributed by atoms with Gasteiger partial charge in [-0.3, -0.25) is 4.79 Å². The van der Waals surface area contributed by atoms with E-state index in [0.717, 1.165) is 34.6 Å². The van der Waals surface area contributed by atoms with Gasteiger partial charge < -0.3 is 23.8 Å². The number of methoxy groups -OCH3 is 2. The number of fused-ring (bicyclic) bond motifs is 1. The molecule has 0 unspecified atom stereocenters. The average Bonchev–Trinajstić information content (AvgIpc) is 2.89. The summed E-state index contributed by atoms with van der Waals surface area (Å²) >= 11 is 0. The molecule has 0 atom stereocenters. The molecule has 0 aliphatic carbocycles. The van der Waals surface area contributed by atoms with E-state index in [1.165, 1.54) is 0 Å². The molecule has 0 N–H and O–H groups in total. The van der Waals surface area contributed by atoms with E-state index in [4.69, 9.17) is 18.9 Å². The molecular weight excluding hydrogens is 462 g/mol. The number of hydrogen-bond acceptors (Lipinski definition) is 9. The first kappa shape index (κ1) is 25.5. The average molecular weight is 496 g/mol. The van der Waals surface area contributed by atoms with Crippen molar-refractivity contribution >= 4 is 28.8 Å². The molecule has 1 aliphatic heterocycles. The van der Waals surface area contributed by atoms with Crippen molar-refractivity contribution in [3.8, 4) is 17.2 Å². The Bertz CT molecular complexity index is 1150. The molecule has 1 aliphatic rings. The number of benzene rings is 2. The lowest BCUT2D eigenvalue weighted by Crippen LogP contribution is -2.54. The third-order valence-corrected chi connectivity index (χ3v) is 5.88. The normalized spacial score (nSPS) is 14.2. The number of hydrazine groups is 1. The second-order valence-electron chi connectivity index (χ2n) is 8.61. The molecule has 0 bridgehead atoms. The minimum absolute atomic E-state index is 0.0960. The predicted molar refractivity (Wildman–Crippen MR) is 138 cm³/mol. The number of anilines is 2. The monoisotopic (exact) mass is 495 g/mol. The summed E-state index contributed by atoms with van der Waals surface area (Å²) in [5.74, 6) is 2.84. The van der Waals surface area contributed by atoms with Crippen molar-refractivity contribution in [2.24, 2.45) is 0 Å². The van der Waals surface area contributed by atoms with Crippen molar-refractivity contribution < 1.29 is 23.7 Å². The Kier molecular flexibility index (Phi) is 8.40. The minimum Gasteiger partial charge on any atom is -0.493 e. The summed E-state index contributed by atoms with van der Waals surface area (Å²) in [6, 6.07) is 11.3. The van der Waals surface area contributed by atoms with Crippen LogP contribution in [0, 0.1) is 0 Å². The number of hydrogen-bond donors (Lipinski definition) is 0. The summed E-state index contributed by atoms with van der Waals surface area (Å²) in [5.41, 5.74) is 1.57. The zero-order valence-electron chi connectivity index (χ0n) is 21.2. The molecule has 192 valence electrons. The number of amides is 1. The summed E-state index contributed by atoms with van der Waals surface area (Å²) < 4.78 is 22.2. The van der Waals surface area contributed by atoms with Crippen LogP contribution >= 0.6 is 0 Å². The van der Waals surface area contributed by atoms with Gasteiger partial charge in [-0.15, -0.1) is 0 Å². The van der Waals surface area contributed by atoms with Crippen LogP contribution in [0.4, 0.5) is 11.5 Å². The fraction of sp³-hybridized carbons (Fsp3) is 0.423. The van der Waals surface area contributed by atoms with Crippen LogP contribution in [0.3, 0.4) is 0 Å². The van der Waals surface area contributed by atoms with E-state index in [1.54, 1.807) is 25.6 Å². The lowest BCUT2D eigenvalue weighted by atomic mass is 10.2. The maximum Gasteiger partial charge on any atom is 0.228 e. The first-order valence-electron chi connectivity index (χ1n) is 12.0. The lowest BCUT2D eigenvalue weighted by molar-refractivity contribution is -0.110. The second-order valence-corrected chi connectivity index (χ2v) is 8.61. The van der Waals surface area contributed by atoms with E-state index in [9.17, 15) is 4.79 Å². The van der Waals surface area contributed by atoms with E-state index in [1.807, 2.05) is 55.3 Å². The molecule has 2 heterocycles. The van der Waals surface area contributed by atoms with Crippen LogP contribution in [-0.2, 0) is 9.53 Å². The number of carbonyl (C=O) groups excluding carboxylic acids is 1. The smallest absolute Gasteiger partial charge is 0.228 e. The summed E-state index contributed by atoms with van der Waals surface area (Å²) in [4.78, 5) is 23.2. The van der Waals surface area contributed by atoms with Crippen molar-refractivity contribution in [3.05, 3.63) is 42.7 Å². The third kappa shape index (κ3) is 5.77. The van der Waals surface area contributed by atoms with Gasteiger partial charge in [0.15, 0.2) is 11.5 Å². The molecule has 0 saturated carbocycles. The van der Waals surface area contributed by atoms with Crippen LogP contribution in [0.2, 0.25) is 0 Å². The van der Waals surface area contributed by atoms with Crippen molar-refractivity contribution in [3.63, 3.8) is 0 Å². The molecule has 10 heteroatoms. The minimum atomic E-state index is 0.0960. The molecule has 10 nitrogen and oxygen atoms in total. The highest BCUT2D eigenvalue weighted by atomic mass is 16.5. The molecule has 4 rings (SSSR count). The first-order chi connectivity index (χ1) is 17.5. The Morgan fingerprint density at radius 1 is 1.00 bits per heavy atom. The van der Waals surface area contributed by atoms with E-state index in [2.05, 4.69) is 14.9 Å². The Labute approximate surface area is 211 Å². The van der Waals surface area contributed by atoms with E-state index in [0.29, 0.717) is 50.9 Å². The lowest BCUT2D eigenvalue weighted by Gasteiger charge is -2.40. The fourth-order valence-corrected chi connectivity index (χ4v) is 4.17. The summed E-state index contributed by atoms with van der Waals surface area (Å²) in [5, 5.41) is 4.57. The highest BCUT2D eigenvalue weighted by molar-refractivity contribution is 5.92. The number of ether oxygens (including phenoxy) is 4. The van der Waals surface area contributed by atoms with Crippen LogP contribution in [0.5, 0.6) is 17.2 Å². The van der Waals surface area contributed by atoms with Gasteiger partial charge in [0.2, 0.25) is 6.41 Å². The Hall–Kier alpha value is -3.63. The van der Waals surface area contributed by atoms with Gasteiger partial charge in [0.1, 0.15) is 24.5 Å². The van der Waals surface area contributed by atoms with Crippen molar-refractivity contribution in [1.82, 2.24) is 15.0 Å². The predicted octanol–water partition coefficient (Wildman–Crippen LogP) is 3.15. The number of piperazine rings is 1. The second kappa shape index (κ2) is 11.9. The van der Waals surface area contributed by atoms with Gasteiger partial charge in [0, 0.05) is 44.7 Å². The quantitative estimate of drug-likeness (QED) is 0.294. The number of rotatable bonds is 11. The SMILES string of the molecule is COCCOc1cc2ncnc(N3CCN(N(C=O)c4ccc(OC(C)C)cc4)CC3)c2cc1OC. The maximum atomic E-state index is 12.0. The summed E-state index contributed by atoms with van der Waals surface area (Å²) in [6.07, 6.45) is 2.51. The molecule has 36 heavy (non-hydrogen) atoms. The van der Waals surface area contributed by atoms with Gasteiger partial charge in [0.25, 0.3) is 0 Å². The molecule has 1 aromatic heterocycles. The zero-order chi connectivity index (χ0) is 25.5. The number of carbonyl (C=O) groups is 1. The van der Waals surface area contributed by atoms with Crippen LogP contribution in [0.1, 0.15) is 13.8 Å². The van der Waals surface area contributed by atoms with E-state index in [-0.39, 0.29) is 6.10 Å². The molecule has 0 radical (unpaired) electrons. The fourth-order valence-electron chi connectivity index (χ4n) is 4.17. The zero-order valence-corrected chi connectivity index (χ0v) is 21.2. The van der Waals surface area contributed by atoms with Crippen LogP contribution in [0.25, 0.3) is 10.9 Å². The molecule has 0 spiro atoms. The van der Waals surface area contributed by atoms with Crippen LogP contribution < -0.4 is 24.1 Å². The van der Waals surface area contributed by atoms with Crippen molar-refractivity contribution in [2.75, 3.05) is 63.5 Å². The molecule has 3 aromatic rings. The van der Waals surface area contributed by atoms with Crippen LogP contribution in [0.15, 0.2) is 42.7 Å². The molecule has 2 aromatic carbocycles. The molecule has 1 fully saturated rings. The highest BCUT2D eigenvalue weighted by Gasteiger charge is 2.25. The molecule has 1 amide bonds. The topological polar surface area (TPSA) is 89.5 Å². The Morgan fingerprint density at radius 3 is 2.39 bits per heavy atom. The van der Waals surface area contributed by atoms with Crippen LogP contribution in [-0.4, -0.2) is 81.1 Å². The molecular formula is C26H33N5O5. The first-order valence-corrected chi connectivity index (χ1v) is 12.0. The van der Waals surface area contributed by atoms with Gasteiger partial charge in [-0.25, -0.2) is 20.0 Å². The van der Waals surface area contributed by atoms with Gasteiger partial charge in [-0.05, 0) is 44.2 Å². The van der Waals surface area contributed by atoms with Gasteiger partial charge in [0.05, 0.1) is 31.0 Å². The van der Waals surface area contributed by atoms with E-state index < -0.39 is 0 Å². The van der Waals surface area contributed by atoms with E-state index >= 15 is 0 Å². The summed E-state index contributed by atoms with van der Waals surface area (Å²) in [6.45, 7) is 7.56. The maximum absolute atomic E-state index is 12.0. The van der Waals surface area contributed by atoms with Crippen molar-refractivity contribution in [2.45, 2.75) is 20.0 Å². The third-order valence-electron chi connectivity index (χ3n) is 5.88. The Balaban J connectivity index is 1.48. The van der Waals surface area contributed by atoms with Gasteiger partial charge in [-0.2, -0.15) is 0 Å². The number of aromatic nitrogens is 2. The number of nitrogens with zero attached hydrogens (tertiary/aromatic N) is 5. The molecule has 1 saturated heterocycles. The summed E-state index contributed by atoms with van der Waals surface area (Å²) in [7, 11) is 3.25. The standard InChI is InChI=1S/C26H33N5O5/c1-19(2)36-21-7-5-20(6-8-21)31(18-32)30-11-9-29(10-12-30)26-22-15-24(34-4)25(35-14-13-33-3)16-23(22)27-17-28-26/h5-8,15-19H,9-14H2,1-4H3. The highest BCUT2D eigenvalue weighted by Crippen LogP contribution is 2.35. The largest absolute Gasteiger partial charge is 0.493 e.